The molecule has 2 heterocycles. The standard InChI is InChI=1S/C22H20N2O6/c1-23-15-11-7-5-9-13(15)21(17(23)25,19(27)29-3)22(20(28)30-4)14-10-6-8-12-16(14)24(2)18(22)26/h5-12H,1-4H3/t21-,22-/m0/s1. The third kappa shape index (κ3) is 1.91. The molecule has 154 valence electrons. The summed E-state index contributed by atoms with van der Waals surface area (Å²) in [4.78, 5) is 57.1. The number of esters is 2. The molecule has 4 rings (SSSR count). The van der Waals surface area contributed by atoms with Crippen LogP contribution in [0, 0.1) is 0 Å². The minimum atomic E-state index is -2.28. The fourth-order valence-corrected chi connectivity index (χ4v) is 4.85. The fraction of sp³-hybridized carbons (Fsp3) is 0.273. The zero-order chi connectivity index (χ0) is 21.8. The van der Waals surface area contributed by atoms with Crippen molar-refractivity contribution in [2.45, 2.75) is 10.8 Å². The van der Waals surface area contributed by atoms with Gasteiger partial charge in [0.25, 0.3) is 11.8 Å². The van der Waals surface area contributed by atoms with Crippen molar-refractivity contribution in [1.82, 2.24) is 0 Å². The van der Waals surface area contributed by atoms with E-state index >= 15 is 0 Å². The van der Waals surface area contributed by atoms with E-state index in [4.69, 9.17) is 9.47 Å². The molecule has 0 aliphatic carbocycles. The van der Waals surface area contributed by atoms with Gasteiger partial charge in [0.1, 0.15) is 0 Å². The number of methoxy groups -OCH3 is 2. The van der Waals surface area contributed by atoms with Gasteiger partial charge in [-0.25, -0.2) is 0 Å². The van der Waals surface area contributed by atoms with E-state index < -0.39 is 34.6 Å². The molecule has 0 saturated carbocycles. The van der Waals surface area contributed by atoms with Crippen LogP contribution < -0.4 is 9.80 Å². The van der Waals surface area contributed by atoms with Gasteiger partial charge < -0.3 is 19.3 Å². The number of carbonyl (C=O) groups is 4. The van der Waals surface area contributed by atoms with Crippen molar-refractivity contribution in [2.75, 3.05) is 38.1 Å². The van der Waals surface area contributed by atoms with Crippen molar-refractivity contribution in [1.29, 1.82) is 0 Å². The van der Waals surface area contributed by atoms with Crippen LogP contribution in [0.15, 0.2) is 48.5 Å². The number of para-hydroxylation sites is 2. The van der Waals surface area contributed by atoms with Crippen LogP contribution in [0.3, 0.4) is 0 Å². The number of likely N-dealkylation sites (N-methyl/N-ethyl adjacent to an activating group) is 2. The molecular weight excluding hydrogens is 388 g/mol. The summed E-state index contributed by atoms with van der Waals surface area (Å²) >= 11 is 0. The molecule has 2 aromatic rings. The Labute approximate surface area is 173 Å². The number of carbonyl (C=O) groups excluding carboxylic acids is 4. The van der Waals surface area contributed by atoms with Gasteiger partial charge in [-0.15, -0.1) is 0 Å². The summed E-state index contributed by atoms with van der Waals surface area (Å²) in [5.41, 5.74) is -3.30. The Bertz CT molecular complexity index is 1020. The predicted octanol–water partition coefficient (Wildman–Crippen LogP) is 1.16. The van der Waals surface area contributed by atoms with Gasteiger partial charge in [0.2, 0.25) is 10.8 Å². The summed E-state index contributed by atoms with van der Waals surface area (Å²) < 4.78 is 10.2. The molecule has 0 saturated heterocycles. The predicted molar refractivity (Wildman–Crippen MR) is 107 cm³/mol. The maximum atomic E-state index is 13.8. The van der Waals surface area contributed by atoms with Gasteiger partial charge in [-0.3, -0.25) is 19.2 Å². The van der Waals surface area contributed by atoms with E-state index in [0.717, 1.165) is 14.2 Å². The van der Waals surface area contributed by atoms with Crippen LogP contribution in [-0.4, -0.2) is 52.1 Å². The SMILES string of the molecule is COC(=O)[C@@]1([C@]2(C(=O)OC)C(=O)N(C)c3ccccc32)C(=O)N(C)c2ccccc21. The largest absolute Gasteiger partial charge is 0.468 e. The molecule has 0 N–H and O–H groups in total. The second-order valence-corrected chi connectivity index (χ2v) is 7.25. The molecule has 0 unspecified atom stereocenters. The van der Waals surface area contributed by atoms with Crippen molar-refractivity contribution in [3.8, 4) is 0 Å². The molecule has 8 nitrogen and oxygen atoms in total. The van der Waals surface area contributed by atoms with Crippen LogP contribution in [-0.2, 0) is 39.5 Å². The number of benzene rings is 2. The normalized spacial score (nSPS) is 24.5. The first-order valence-corrected chi connectivity index (χ1v) is 9.23. The van der Waals surface area contributed by atoms with E-state index in [0.29, 0.717) is 11.4 Å². The van der Waals surface area contributed by atoms with Crippen molar-refractivity contribution in [3.05, 3.63) is 59.7 Å². The lowest BCUT2D eigenvalue weighted by molar-refractivity contribution is -0.168. The van der Waals surface area contributed by atoms with E-state index in [1.165, 1.54) is 23.9 Å². The average molecular weight is 408 g/mol. The zero-order valence-electron chi connectivity index (χ0n) is 17.0. The van der Waals surface area contributed by atoms with Crippen LogP contribution in [0.1, 0.15) is 11.1 Å². The molecule has 30 heavy (non-hydrogen) atoms. The number of rotatable bonds is 3. The van der Waals surface area contributed by atoms with Gasteiger partial charge in [-0.2, -0.15) is 0 Å². The Morgan fingerprint density at radius 3 is 1.37 bits per heavy atom. The van der Waals surface area contributed by atoms with E-state index in [-0.39, 0.29) is 11.1 Å². The minimum absolute atomic E-state index is 0.216. The first-order chi connectivity index (χ1) is 14.3. The number of fused-ring (bicyclic) bond motifs is 2. The fourth-order valence-electron chi connectivity index (χ4n) is 4.85. The summed E-state index contributed by atoms with van der Waals surface area (Å²) in [5, 5.41) is 0. The molecule has 0 radical (unpaired) electrons. The molecule has 2 aliphatic heterocycles. The summed E-state index contributed by atoms with van der Waals surface area (Å²) in [7, 11) is 5.23. The van der Waals surface area contributed by atoms with Crippen molar-refractivity contribution in [2.24, 2.45) is 0 Å². The third-order valence-electron chi connectivity index (χ3n) is 6.14. The highest BCUT2D eigenvalue weighted by atomic mass is 16.5. The lowest BCUT2D eigenvalue weighted by atomic mass is 9.57. The minimum Gasteiger partial charge on any atom is -0.468 e. The van der Waals surface area contributed by atoms with Crippen molar-refractivity contribution in [3.63, 3.8) is 0 Å². The van der Waals surface area contributed by atoms with Crippen molar-refractivity contribution < 1.29 is 28.7 Å². The second kappa shape index (κ2) is 6.41. The highest BCUT2D eigenvalue weighted by Crippen LogP contribution is 2.58. The van der Waals surface area contributed by atoms with Gasteiger partial charge in [0.15, 0.2) is 0 Å². The first kappa shape index (κ1) is 19.6. The van der Waals surface area contributed by atoms with Gasteiger partial charge in [-0.1, -0.05) is 36.4 Å². The third-order valence-corrected chi connectivity index (χ3v) is 6.14. The van der Waals surface area contributed by atoms with Crippen LogP contribution in [0.5, 0.6) is 0 Å². The highest BCUT2D eigenvalue weighted by Gasteiger charge is 2.78. The molecular formula is C22H20N2O6. The van der Waals surface area contributed by atoms with Gasteiger partial charge >= 0.3 is 11.9 Å². The molecule has 0 aromatic heterocycles. The molecule has 0 fully saturated rings. The van der Waals surface area contributed by atoms with E-state index in [9.17, 15) is 19.2 Å². The quantitative estimate of drug-likeness (QED) is 0.559. The Kier molecular flexibility index (Phi) is 4.20. The summed E-state index contributed by atoms with van der Waals surface area (Å²) in [6.45, 7) is 0. The Hall–Kier alpha value is -3.68. The molecule has 2 atom stereocenters. The number of nitrogens with zero attached hydrogens (tertiary/aromatic N) is 2. The lowest BCUT2D eigenvalue weighted by Crippen LogP contribution is -2.67. The van der Waals surface area contributed by atoms with Gasteiger partial charge in [0, 0.05) is 36.6 Å². The first-order valence-electron chi connectivity index (χ1n) is 9.23. The number of anilines is 2. The van der Waals surface area contributed by atoms with Crippen molar-refractivity contribution >= 4 is 35.1 Å². The van der Waals surface area contributed by atoms with E-state index in [1.54, 1.807) is 48.5 Å². The molecule has 2 aromatic carbocycles. The van der Waals surface area contributed by atoms with Crippen LogP contribution in [0.4, 0.5) is 11.4 Å². The number of amides is 2. The number of hydrogen-bond donors (Lipinski definition) is 0. The highest BCUT2D eigenvalue weighted by molar-refractivity contribution is 6.34. The Morgan fingerprint density at radius 1 is 0.700 bits per heavy atom. The molecule has 0 spiro atoms. The topological polar surface area (TPSA) is 93.2 Å². The van der Waals surface area contributed by atoms with Crippen LogP contribution >= 0.6 is 0 Å². The molecule has 2 aliphatic rings. The monoisotopic (exact) mass is 408 g/mol. The molecule has 0 bridgehead atoms. The number of ether oxygens (including phenoxy) is 2. The molecule has 8 heteroatoms. The summed E-state index contributed by atoms with van der Waals surface area (Å²) in [5.74, 6) is -3.49. The second-order valence-electron chi connectivity index (χ2n) is 7.25. The Morgan fingerprint density at radius 2 is 1.03 bits per heavy atom. The zero-order valence-corrected chi connectivity index (χ0v) is 17.0. The van der Waals surface area contributed by atoms with Gasteiger partial charge in [-0.05, 0) is 12.1 Å². The smallest absolute Gasteiger partial charge is 0.328 e. The maximum Gasteiger partial charge on any atom is 0.328 e. The summed E-state index contributed by atoms with van der Waals surface area (Å²) in [6.07, 6.45) is 0. The van der Waals surface area contributed by atoms with Crippen LogP contribution in [0.25, 0.3) is 0 Å². The van der Waals surface area contributed by atoms with Crippen LogP contribution in [0.2, 0.25) is 0 Å². The summed E-state index contributed by atoms with van der Waals surface area (Å²) in [6, 6.07) is 13.1. The van der Waals surface area contributed by atoms with E-state index in [2.05, 4.69) is 0 Å². The number of hydrogen-bond acceptors (Lipinski definition) is 6. The average Bonchev–Trinajstić information content (AvgIpc) is 3.15. The maximum absolute atomic E-state index is 13.8. The van der Waals surface area contributed by atoms with E-state index in [1.807, 2.05) is 0 Å². The molecule has 2 amide bonds. The Balaban J connectivity index is 2.24. The lowest BCUT2D eigenvalue weighted by Gasteiger charge is -2.39. The van der Waals surface area contributed by atoms with Gasteiger partial charge in [0.05, 0.1) is 14.2 Å².